The Morgan fingerprint density at radius 2 is 1.86 bits per heavy atom. The standard InChI is InChI=1S/C15H29N3O3/c1-14(2,3)17-12(19)9-11-10-18(8-7-16-11)13(20)21-15(4,5)6/h11,16H,7-10H2,1-6H3,(H,17,19). The van der Waals surface area contributed by atoms with Gasteiger partial charge in [-0.25, -0.2) is 4.79 Å². The maximum Gasteiger partial charge on any atom is 0.410 e. The van der Waals surface area contributed by atoms with Gasteiger partial charge in [0.1, 0.15) is 5.60 Å². The number of hydrogen-bond donors (Lipinski definition) is 2. The zero-order valence-corrected chi connectivity index (χ0v) is 14.1. The van der Waals surface area contributed by atoms with Gasteiger partial charge >= 0.3 is 6.09 Å². The van der Waals surface area contributed by atoms with E-state index in [1.54, 1.807) is 4.90 Å². The summed E-state index contributed by atoms with van der Waals surface area (Å²) < 4.78 is 5.37. The van der Waals surface area contributed by atoms with Crippen LogP contribution in [0.5, 0.6) is 0 Å². The first kappa shape index (κ1) is 17.8. The van der Waals surface area contributed by atoms with E-state index >= 15 is 0 Å². The Kier molecular flexibility index (Phi) is 5.61. The third-order valence-corrected chi connectivity index (χ3v) is 2.85. The molecule has 0 aromatic carbocycles. The molecular weight excluding hydrogens is 270 g/mol. The molecule has 0 aliphatic carbocycles. The number of carbonyl (C=O) groups excluding carboxylic acids is 2. The van der Waals surface area contributed by atoms with Crippen molar-refractivity contribution in [1.29, 1.82) is 0 Å². The van der Waals surface area contributed by atoms with Crippen LogP contribution in [-0.4, -0.2) is 53.7 Å². The molecule has 0 radical (unpaired) electrons. The number of nitrogens with zero attached hydrogens (tertiary/aromatic N) is 1. The van der Waals surface area contributed by atoms with E-state index in [-0.39, 0.29) is 23.6 Å². The summed E-state index contributed by atoms with van der Waals surface area (Å²) in [5.74, 6) is -0.00830. The molecule has 1 aliphatic rings. The highest BCUT2D eigenvalue weighted by Gasteiger charge is 2.28. The molecule has 2 amide bonds. The molecule has 122 valence electrons. The lowest BCUT2D eigenvalue weighted by atomic mass is 10.1. The number of carbonyl (C=O) groups is 2. The van der Waals surface area contributed by atoms with Crippen LogP contribution in [-0.2, 0) is 9.53 Å². The molecule has 6 nitrogen and oxygen atoms in total. The lowest BCUT2D eigenvalue weighted by Crippen LogP contribution is -2.55. The van der Waals surface area contributed by atoms with Gasteiger partial charge in [-0.05, 0) is 41.5 Å². The maximum absolute atomic E-state index is 12.0. The second kappa shape index (κ2) is 6.64. The second-order valence-corrected chi connectivity index (χ2v) is 7.58. The van der Waals surface area contributed by atoms with Gasteiger partial charge in [0.15, 0.2) is 0 Å². The second-order valence-electron chi connectivity index (χ2n) is 7.58. The molecule has 1 saturated heterocycles. The van der Waals surface area contributed by atoms with E-state index in [0.29, 0.717) is 26.1 Å². The third-order valence-electron chi connectivity index (χ3n) is 2.85. The van der Waals surface area contributed by atoms with Crippen molar-refractivity contribution < 1.29 is 14.3 Å². The van der Waals surface area contributed by atoms with E-state index in [1.165, 1.54) is 0 Å². The summed E-state index contributed by atoms with van der Waals surface area (Å²) in [4.78, 5) is 25.7. The van der Waals surface area contributed by atoms with E-state index in [1.807, 2.05) is 41.5 Å². The van der Waals surface area contributed by atoms with E-state index in [4.69, 9.17) is 4.74 Å². The number of hydrogen-bond acceptors (Lipinski definition) is 4. The Bertz CT molecular complexity index is 383. The lowest BCUT2D eigenvalue weighted by Gasteiger charge is -2.35. The summed E-state index contributed by atoms with van der Waals surface area (Å²) in [6, 6.07) is -0.0337. The minimum absolute atomic E-state index is 0.00830. The van der Waals surface area contributed by atoms with Crippen molar-refractivity contribution in [3.63, 3.8) is 0 Å². The molecule has 1 aliphatic heterocycles. The van der Waals surface area contributed by atoms with Crippen LogP contribution in [0.1, 0.15) is 48.0 Å². The summed E-state index contributed by atoms with van der Waals surface area (Å²) in [5.41, 5.74) is -0.738. The Labute approximate surface area is 127 Å². The number of ether oxygens (including phenoxy) is 1. The number of amides is 2. The first-order chi connectivity index (χ1) is 9.46. The summed E-state index contributed by atoms with van der Waals surface area (Å²) in [6.07, 6.45) is 0.0431. The highest BCUT2D eigenvalue weighted by atomic mass is 16.6. The molecule has 0 bridgehead atoms. The normalized spacial score (nSPS) is 20.1. The molecule has 0 spiro atoms. The van der Waals surface area contributed by atoms with Crippen LogP contribution >= 0.6 is 0 Å². The average Bonchev–Trinajstić information content (AvgIpc) is 2.24. The largest absolute Gasteiger partial charge is 0.444 e. The SMILES string of the molecule is CC(C)(C)NC(=O)CC1CN(C(=O)OC(C)(C)C)CCN1. The van der Waals surface area contributed by atoms with Crippen LogP contribution in [0.15, 0.2) is 0 Å². The molecule has 1 heterocycles. The van der Waals surface area contributed by atoms with Crippen LogP contribution < -0.4 is 10.6 Å². The molecule has 0 aromatic heterocycles. The van der Waals surface area contributed by atoms with E-state index in [2.05, 4.69) is 10.6 Å². The number of rotatable bonds is 2. The topological polar surface area (TPSA) is 70.7 Å². The smallest absolute Gasteiger partial charge is 0.410 e. The molecule has 1 rings (SSSR count). The van der Waals surface area contributed by atoms with Crippen molar-refractivity contribution in [2.75, 3.05) is 19.6 Å². The van der Waals surface area contributed by atoms with E-state index in [9.17, 15) is 9.59 Å². The predicted molar refractivity (Wildman–Crippen MR) is 82.1 cm³/mol. The summed E-state index contributed by atoms with van der Waals surface area (Å²) in [7, 11) is 0. The molecule has 0 aromatic rings. The Morgan fingerprint density at radius 1 is 1.24 bits per heavy atom. The fraction of sp³-hybridized carbons (Fsp3) is 0.867. The maximum atomic E-state index is 12.0. The third kappa shape index (κ3) is 7.32. The van der Waals surface area contributed by atoms with Gasteiger partial charge in [0.05, 0.1) is 0 Å². The number of piperazine rings is 1. The highest BCUT2D eigenvalue weighted by Crippen LogP contribution is 2.12. The van der Waals surface area contributed by atoms with Crippen molar-refractivity contribution in [2.24, 2.45) is 0 Å². The van der Waals surface area contributed by atoms with Crippen LogP contribution in [0.25, 0.3) is 0 Å². The van der Waals surface area contributed by atoms with Gasteiger partial charge in [0.25, 0.3) is 0 Å². The van der Waals surface area contributed by atoms with Gasteiger partial charge in [-0.2, -0.15) is 0 Å². The van der Waals surface area contributed by atoms with Gasteiger partial charge in [-0.3, -0.25) is 4.79 Å². The minimum Gasteiger partial charge on any atom is -0.444 e. The quantitative estimate of drug-likeness (QED) is 0.810. The van der Waals surface area contributed by atoms with Crippen molar-refractivity contribution in [2.45, 2.75) is 65.1 Å². The Hall–Kier alpha value is -1.30. The van der Waals surface area contributed by atoms with Crippen LogP contribution in [0.3, 0.4) is 0 Å². The monoisotopic (exact) mass is 299 g/mol. The molecule has 21 heavy (non-hydrogen) atoms. The fourth-order valence-corrected chi connectivity index (χ4v) is 2.15. The van der Waals surface area contributed by atoms with E-state index < -0.39 is 5.60 Å². The van der Waals surface area contributed by atoms with Gasteiger partial charge in [0.2, 0.25) is 5.91 Å². The zero-order valence-electron chi connectivity index (χ0n) is 14.1. The minimum atomic E-state index is -0.499. The Morgan fingerprint density at radius 3 is 2.38 bits per heavy atom. The van der Waals surface area contributed by atoms with Gasteiger partial charge in [-0.15, -0.1) is 0 Å². The van der Waals surface area contributed by atoms with Crippen molar-refractivity contribution in [3.05, 3.63) is 0 Å². The summed E-state index contributed by atoms with van der Waals surface area (Å²) >= 11 is 0. The number of nitrogens with one attached hydrogen (secondary N) is 2. The van der Waals surface area contributed by atoms with Gasteiger partial charge in [0, 0.05) is 37.6 Å². The van der Waals surface area contributed by atoms with Crippen molar-refractivity contribution in [1.82, 2.24) is 15.5 Å². The summed E-state index contributed by atoms with van der Waals surface area (Å²) in [6.45, 7) is 13.2. The Balaban J connectivity index is 2.49. The van der Waals surface area contributed by atoms with Crippen molar-refractivity contribution in [3.8, 4) is 0 Å². The summed E-state index contributed by atoms with van der Waals surface area (Å²) in [5, 5.41) is 6.21. The van der Waals surface area contributed by atoms with Crippen LogP contribution in [0.4, 0.5) is 4.79 Å². The van der Waals surface area contributed by atoms with Crippen LogP contribution in [0, 0.1) is 0 Å². The molecule has 1 atom stereocenters. The van der Waals surface area contributed by atoms with Gasteiger partial charge in [-0.1, -0.05) is 0 Å². The molecule has 1 unspecified atom stereocenters. The van der Waals surface area contributed by atoms with Crippen molar-refractivity contribution >= 4 is 12.0 Å². The molecule has 6 heteroatoms. The lowest BCUT2D eigenvalue weighted by molar-refractivity contribution is -0.123. The highest BCUT2D eigenvalue weighted by molar-refractivity contribution is 5.77. The average molecular weight is 299 g/mol. The van der Waals surface area contributed by atoms with Gasteiger partial charge < -0.3 is 20.3 Å². The first-order valence-electron chi connectivity index (χ1n) is 7.48. The zero-order chi connectivity index (χ0) is 16.3. The molecular formula is C15H29N3O3. The first-order valence-corrected chi connectivity index (χ1v) is 7.48. The fourth-order valence-electron chi connectivity index (χ4n) is 2.15. The molecule has 0 saturated carbocycles. The predicted octanol–water partition coefficient (Wildman–Crippen LogP) is 1.50. The molecule has 1 fully saturated rings. The van der Waals surface area contributed by atoms with Crippen LogP contribution in [0.2, 0.25) is 0 Å². The van der Waals surface area contributed by atoms with E-state index in [0.717, 1.165) is 0 Å². The molecule has 2 N–H and O–H groups in total.